The van der Waals surface area contributed by atoms with E-state index in [-0.39, 0.29) is 9.70 Å². The molecular formula is C22H9ClF8N4O2. The summed E-state index contributed by atoms with van der Waals surface area (Å²) in [6.45, 7) is 0. The van der Waals surface area contributed by atoms with Gasteiger partial charge in [-0.25, -0.2) is 14.1 Å². The summed E-state index contributed by atoms with van der Waals surface area (Å²) in [5.74, 6) is -5.01. The van der Waals surface area contributed by atoms with Gasteiger partial charge in [0.2, 0.25) is 0 Å². The Bertz CT molecular complexity index is 1470. The van der Waals surface area contributed by atoms with E-state index in [0.717, 1.165) is 12.1 Å². The van der Waals surface area contributed by atoms with Crippen LogP contribution in [0.25, 0.3) is 28.3 Å². The fourth-order valence-electron chi connectivity index (χ4n) is 3.27. The number of halogens is 9. The second-order valence-electron chi connectivity index (χ2n) is 7.07. The lowest BCUT2D eigenvalue weighted by atomic mass is 10.1. The fraction of sp³-hybridized carbons (Fsp3) is 0.136. The van der Waals surface area contributed by atoms with E-state index in [2.05, 4.69) is 26.1 Å². The van der Waals surface area contributed by atoms with E-state index in [4.69, 9.17) is 16.1 Å². The van der Waals surface area contributed by atoms with Gasteiger partial charge in [-0.15, -0.1) is 0 Å². The van der Waals surface area contributed by atoms with Gasteiger partial charge in [-0.05, 0) is 18.2 Å². The highest BCUT2D eigenvalue weighted by atomic mass is 35.5. The first-order valence-electron chi connectivity index (χ1n) is 9.71. The van der Waals surface area contributed by atoms with Crippen LogP contribution in [-0.2, 0) is 10.9 Å². The van der Waals surface area contributed by atoms with Crippen LogP contribution < -0.4 is 0 Å². The van der Waals surface area contributed by atoms with Gasteiger partial charge in [0.05, 0.1) is 35.1 Å². The molecule has 0 radical (unpaired) electrons. The average Bonchev–Trinajstić information content (AvgIpc) is 3.41. The molecule has 15 heteroatoms. The average molecular weight is 549 g/mol. The van der Waals surface area contributed by atoms with Gasteiger partial charge in [0.15, 0.2) is 17.3 Å². The molecule has 0 aliphatic carbocycles. The van der Waals surface area contributed by atoms with Crippen molar-refractivity contribution in [1.82, 2.24) is 14.9 Å². The first-order chi connectivity index (χ1) is 17.3. The summed E-state index contributed by atoms with van der Waals surface area (Å²) >= 11 is 5.99. The minimum absolute atomic E-state index is 0.259. The van der Waals surface area contributed by atoms with Crippen LogP contribution in [0.3, 0.4) is 0 Å². The summed E-state index contributed by atoms with van der Waals surface area (Å²) in [4.78, 5) is 3.27. The molecule has 2 aromatic carbocycles. The number of alkyl halides is 6. The summed E-state index contributed by atoms with van der Waals surface area (Å²) in [5, 5.41) is 6.70. The quantitative estimate of drug-likeness (QED) is 0.157. The van der Waals surface area contributed by atoms with Crippen LogP contribution >= 0.6 is 11.6 Å². The van der Waals surface area contributed by atoms with E-state index in [9.17, 15) is 35.1 Å². The molecule has 0 saturated carbocycles. The van der Waals surface area contributed by atoms with Crippen molar-refractivity contribution in [1.29, 1.82) is 0 Å². The van der Waals surface area contributed by atoms with E-state index < -0.39 is 69.5 Å². The van der Waals surface area contributed by atoms with Gasteiger partial charge in [0, 0.05) is 12.1 Å². The normalized spacial score (nSPS) is 12.5. The molecule has 0 saturated heterocycles. The third-order valence-corrected chi connectivity index (χ3v) is 5.04. The zero-order chi connectivity index (χ0) is 27.1. The standard InChI is InChI=1S/C22H9ClF8N4O2/c1-36-20(22(29,30)31)33-17-16(15-13(23)6-3-7-14(15)25)34-37-18(17)12-9-32-35(19(12)21(26,27)28)11-5-2-4-10(24)8-11/h3,5-9H,1H3. The molecule has 6 nitrogen and oxygen atoms in total. The van der Waals surface area contributed by atoms with Crippen molar-refractivity contribution < 1.29 is 44.4 Å². The first-order valence-corrected chi connectivity index (χ1v) is 10.1. The molecule has 0 N–H and O–H groups in total. The molecule has 0 aliphatic heterocycles. The monoisotopic (exact) mass is 548 g/mol. The summed E-state index contributed by atoms with van der Waals surface area (Å²) < 4.78 is 120. The van der Waals surface area contributed by atoms with Crippen molar-refractivity contribution in [2.45, 2.75) is 12.4 Å². The lowest BCUT2D eigenvalue weighted by Gasteiger charge is -2.12. The summed E-state index contributed by atoms with van der Waals surface area (Å²) in [7, 11) is 0.617. The number of aromatic nitrogens is 3. The van der Waals surface area contributed by atoms with Crippen LogP contribution in [0.15, 0.2) is 46.0 Å². The summed E-state index contributed by atoms with van der Waals surface area (Å²) in [6, 6.07) is 9.00. The topological polar surface area (TPSA) is 65.4 Å². The minimum atomic E-state index is -5.21. The summed E-state index contributed by atoms with van der Waals surface area (Å²) in [6.07, 6.45) is -9.83. The lowest BCUT2D eigenvalue weighted by Crippen LogP contribution is -2.24. The highest BCUT2D eigenvalue weighted by Crippen LogP contribution is 2.47. The van der Waals surface area contributed by atoms with Gasteiger partial charge in [0.25, 0.3) is 5.90 Å². The molecule has 4 aromatic rings. The van der Waals surface area contributed by atoms with Crippen LogP contribution in [0, 0.1) is 23.8 Å². The number of nitrogens with zero attached hydrogens (tertiary/aromatic N) is 4. The highest BCUT2D eigenvalue weighted by molar-refractivity contribution is 6.33. The Morgan fingerprint density at radius 2 is 1.89 bits per heavy atom. The SMILES string of the molecule is COC(=Nc1c(-c2c(F)cccc2Cl)noc1-c1cnn(-c2cc#cc(F)c2)c1C(F)(F)F)C(F)(F)F. The Balaban J connectivity index is 2.06. The molecule has 2 aromatic heterocycles. The predicted octanol–water partition coefficient (Wildman–Crippen LogP) is 6.98. The van der Waals surface area contributed by atoms with Gasteiger partial charge < -0.3 is 9.26 Å². The van der Waals surface area contributed by atoms with Gasteiger partial charge >= 0.3 is 12.4 Å². The molecule has 2 heterocycles. The van der Waals surface area contributed by atoms with Crippen molar-refractivity contribution in [2.75, 3.05) is 7.11 Å². The maximum Gasteiger partial charge on any atom is 0.468 e. The van der Waals surface area contributed by atoms with Crippen molar-refractivity contribution in [3.8, 4) is 28.3 Å². The number of aliphatic imine (C=N–C) groups is 1. The number of ether oxygens (including phenoxy) is 1. The summed E-state index contributed by atoms with van der Waals surface area (Å²) in [5.41, 5.74) is -5.28. The van der Waals surface area contributed by atoms with Crippen molar-refractivity contribution in [3.63, 3.8) is 0 Å². The molecule has 4 rings (SSSR count). The molecule has 37 heavy (non-hydrogen) atoms. The molecule has 192 valence electrons. The number of rotatable bonds is 4. The van der Waals surface area contributed by atoms with Crippen molar-refractivity contribution >= 4 is 23.2 Å². The van der Waals surface area contributed by atoms with Gasteiger partial charge in [-0.3, -0.25) is 0 Å². The Hall–Kier alpha value is -4.12. The molecule has 0 aliphatic rings. The molecular weight excluding hydrogens is 540 g/mol. The third kappa shape index (κ3) is 4.94. The smallest absolute Gasteiger partial charge is 0.468 e. The Morgan fingerprint density at radius 1 is 1.16 bits per heavy atom. The van der Waals surface area contributed by atoms with Crippen molar-refractivity contribution in [2.24, 2.45) is 4.99 Å². The number of hydrogen-bond acceptors (Lipinski definition) is 5. The second-order valence-corrected chi connectivity index (χ2v) is 7.48. The largest absolute Gasteiger partial charge is 0.478 e. The van der Waals surface area contributed by atoms with Crippen LogP contribution in [0.1, 0.15) is 5.69 Å². The Labute approximate surface area is 206 Å². The maximum absolute atomic E-state index is 14.6. The first kappa shape index (κ1) is 26.0. The van der Waals surface area contributed by atoms with Crippen LogP contribution in [0.4, 0.5) is 40.8 Å². The van der Waals surface area contributed by atoms with Gasteiger partial charge in [0.1, 0.15) is 17.2 Å². The fourth-order valence-corrected chi connectivity index (χ4v) is 3.52. The van der Waals surface area contributed by atoms with Crippen LogP contribution in [0.2, 0.25) is 5.02 Å². The molecule has 0 spiro atoms. The maximum atomic E-state index is 14.6. The third-order valence-electron chi connectivity index (χ3n) is 4.73. The lowest BCUT2D eigenvalue weighted by molar-refractivity contribution is -0.142. The van der Waals surface area contributed by atoms with Gasteiger partial charge in [-0.2, -0.15) is 35.8 Å². The molecule has 0 amide bonds. The van der Waals surface area contributed by atoms with Crippen LogP contribution in [0.5, 0.6) is 0 Å². The second kappa shape index (κ2) is 9.40. The van der Waals surface area contributed by atoms with E-state index in [1.807, 2.05) is 6.07 Å². The van der Waals surface area contributed by atoms with E-state index in [1.54, 1.807) is 0 Å². The highest BCUT2D eigenvalue weighted by Gasteiger charge is 2.43. The molecule has 0 unspecified atom stereocenters. The zero-order valence-electron chi connectivity index (χ0n) is 18.0. The van der Waals surface area contributed by atoms with Gasteiger partial charge in [-0.1, -0.05) is 28.9 Å². The predicted molar refractivity (Wildman–Crippen MR) is 112 cm³/mol. The Morgan fingerprint density at radius 3 is 2.49 bits per heavy atom. The van der Waals surface area contributed by atoms with Crippen LogP contribution in [-0.4, -0.2) is 34.1 Å². The number of benzene rings is 1. The molecule has 0 bridgehead atoms. The zero-order valence-corrected chi connectivity index (χ0v) is 18.7. The Kier molecular flexibility index (Phi) is 6.59. The van der Waals surface area contributed by atoms with E-state index in [1.165, 1.54) is 12.1 Å². The molecule has 0 fully saturated rings. The van der Waals surface area contributed by atoms with E-state index >= 15 is 0 Å². The number of methoxy groups -OCH3 is 1. The molecule has 0 atom stereocenters. The van der Waals surface area contributed by atoms with Crippen molar-refractivity contribution in [3.05, 3.63) is 71.0 Å². The van der Waals surface area contributed by atoms with E-state index in [0.29, 0.717) is 19.4 Å². The minimum Gasteiger partial charge on any atom is -0.478 e. The number of hydrogen-bond donors (Lipinski definition) is 0.